The van der Waals surface area contributed by atoms with Crippen molar-refractivity contribution >= 4 is 8.56 Å². The molecule has 0 saturated carbocycles. The van der Waals surface area contributed by atoms with Gasteiger partial charge in [0.2, 0.25) is 0 Å². The molecule has 0 radical (unpaired) electrons. The van der Waals surface area contributed by atoms with E-state index >= 15 is 0 Å². The maximum absolute atomic E-state index is 10.6. The molecule has 0 atom stereocenters. The predicted molar refractivity (Wildman–Crippen MR) is 132 cm³/mol. The Morgan fingerprint density at radius 3 is 1.27 bits per heavy atom. The van der Waals surface area contributed by atoms with Crippen molar-refractivity contribution in [2.75, 3.05) is 14.2 Å². The number of hydrogen-bond acceptors (Lipinski definition) is 6. The number of aromatic nitrogens is 2. The Labute approximate surface area is 198 Å². The maximum Gasteiger partial charge on any atom is 0.337 e. The van der Waals surface area contributed by atoms with Crippen LogP contribution in [-0.2, 0) is 32.8 Å². The summed E-state index contributed by atoms with van der Waals surface area (Å²) >= 11 is 0. The fourth-order valence-electron chi connectivity index (χ4n) is 4.48. The van der Waals surface area contributed by atoms with Gasteiger partial charge in [-0.05, 0) is 79.3 Å². The van der Waals surface area contributed by atoms with E-state index in [2.05, 4.69) is 0 Å². The molecule has 188 valence electrons. The van der Waals surface area contributed by atoms with Crippen molar-refractivity contribution in [3.8, 4) is 23.5 Å². The number of aromatic hydroxyl groups is 4. The molecule has 9 heteroatoms. The second-order valence-corrected chi connectivity index (χ2v) is 14.4. The van der Waals surface area contributed by atoms with Gasteiger partial charge in [0.25, 0.3) is 0 Å². The summed E-state index contributed by atoms with van der Waals surface area (Å²) in [5.74, 6) is 0.311. The van der Waals surface area contributed by atoms with Gasteiger partial charge in [0, 0.05) is 48.6 Å². The van der Waals surface area contributed by atoms with Crippen LogP contribution in [0.5, 0.6) is 23.5 Å². The van der Waals surface area contributed by atoms with Crippen LogP contribution in [0.4, 0.5) is 0 Å². The van der Waals surface area contributed by atoms with E-state index in [0.717, 1.165) is 24.9 Å². The Balaban J connectivity index is 2.01. The lowest BCUT2D eigenvalue weighted by molar-refractivity contribution is 0.239. The van der Waals surface area contributed by atoms with Crippen molar-refractivity contribution in [3.05, 3.63) is 23.3 Å². The molecule has 0 aliphatic carbocycles. The molecule has 33 heavy (non-hydrogen) atoms. The molecule has 0 aliphatic heterocycles. The van der Waals surface area contributed by atoms with E-state index in [1.807, 2.05) is 41.5 Å². The summed E-state index contributed by atoms with van der Waals surface area (Å²) in [5.41, 5.74) is 0.578. The van der Waals surface area contributed by atoms with E-state index < -0.39 is 19.6 Å². The summed E-state index contributed by atoms with van der Waals surface area (Å²) in [4.78, 5) is 0. The quantitative estimate of drug-likeness (QED) is 0.358. The molecule has 2 aromatic rings. The molecular formula is C24H42N2O6Si. The van der Waals surface area contributed by atoms with Gasteiger partial charge in [-0.15, -0.1) is 0 Å². The molecule has 2 rings (SSSR count). The third kappa shape index (κ3) is 6.07. The molecule has 4 N–H and O–H groups in total. The standard InChI is InChI=1S/C24H42N2O6Si/c1-23(2,3)25-19(27)15-17(21(25)29)11-9-13-33(31-7,32-8)14-10-12-18-16-20(28)26(22(18)30)24(4,5)6/h15-16,27-30H,9-14H2,1-8H3. The third-order valence-corrected chi connectivity index (χ3v) is 9.87. The lowest BCUT2D eigenvalue weighted by atomic mass is 10.1. The van der Waals surface area contributed by atoms with Gasteiger partial charge < -0.3 is 29.3 Å². The Kier molecular flexibility index (Phi) is 8.25. The number of hydrogen-bond donors (Lipinski definition) is 4. The third-order valence-electron chi connectivity index (χ3n) is 6.16. The van der Waals surface area contributed by atoms with Crippen LogP contribution in [0.25, 0.3) is 0 Å². The van der Waals surface area contributed by atoms with Crippen LogP contribution in [-0.4, -0.2) is 52.3 Å². The van der Waals surface area contributed by atoms with Crippen molar-refractivity contribution in [3.63, 3.8) is 0 Å². The smallest absolute Gasteiger partial charge is 0.337 e. The van der Waals surface area contributed by atoms with Crippen LogP contribution < -0.4 is 0 Å². The van der Waals surface area contributed by atoms with E-state index in [4.69, 9.17) is 8.85 Å². The van der Waals surface area contributed by atoms with Crippen LogP contribution in [0.1, 0.15) is 65.5 Å². The van der Waals surface area contributed by atoms with Crippen molar-refractivity contribution in [1.82, 2.24) is 9.13 Å². The minimum absolute atomic E-state index is 0.0576. The van der Waals surface area contributed by atoms with Gasteiger partial charge in [0.15, 0.2) is 23.5 Å². The van der Waals surface area contributed by atoms with Gasteiger partial charge in [-0.25, -0.2) is 0 Å². The normalized spacial score (nSPS) is 13.1. The van der Waals surface area contributed by atoms with Crippen LogP contribution in [0.2, 0.25) is 12.1 Å². The zero-order chi connectivity index (χ0) is 25.2. The largest absolute Gasteiger partial charge is 0.494 e. The fraction of sp³-hybridized carbons (Fsp3) is 0.667. The van der Waals surface area contributed by atoms with Gasteiger partial charge in [-0.3, -0.25) is 9.13 Å². The highest BCUT2D eigenvalue weighted by Crippen LogP contribution is 2.37. The maximum atomic E-state index is 10.6. The Morgan fingerprint density at radius 1 is 0.697 bits per heavy atom. The molecule has 0 unspecified atom stereocenters. The Bertz CT molecular complexity index is 860. The minimum atomic E-state index is -2.47. The highest BCUT2D eigenvalue weighted by molar-refractivity contribution is 6.67. The Morgan fingerprint density at radius 2 is 1.03 bits per heavy atom. The summed E-state index contributed by atoms with van der Waals surface area (Å²) in [6, 6.07) is 4.72. The number of aryl methyl sites for hydroxylation is 2. The van der Waals surface area contributed by atoms with E-state index in [9.17, 15) is 20.4 Å². The zero-order valence-corrected chi connectivity index (χ0v) is 22.4. The molecule has 0 spiro atoms. The second-order valence-electron chi connectivity index (χ2n) is 10.7. The first-order valence-electron chi connectivity index (χ1n) is 11.5. The van der Waals surface area contributed by atoms with E-state index in [-0.39, 0.29) is 23.5 Å². The number of rotatable bonds is 10. The van der Waals surface area contributed by atoms with Crippen molar-refractivity contribution in [1.29, 1.82) is 0 Å². The predicted octanol–water partition coefficient (Wildman–Crippen LogP) is 4.92. The second kappa shape index (κ2) is 10.0. The van der Waals surface area contributed by atoms with Crippen LogP contribution in [0, 0.1) is 0 Å². The van der Waals surface area contributed by atoms with Crippen molar-refractivity contribution in [2.45, 2.75) is 90.4 Å². The number of nitrogens with zero attached hydrogens (tertiary/aromatic N) is 2. The molecule has 0 amide bonds. The summed E-state index contributed by atoms with van der Waals surface area (Å²) in [6.07, 6.45) is 2.71. The first-order chi connectivity index (χ1) is 15.2. The van der Waals surface area contributed by atoms with E-state index in [1.54, 1.807) is 26.4 Å². The van der Waals surface area contributed by atoms with Crippen LogP contribution >= 0.6 is 0 Å². The van der Waals surface area contributed by atoms with Crippen molar-refractivity contribution in [2.24, 2.45) is 0 Å². The molecule has 8 nitrogen and oxygen atoms in total. The van der Waals surface area contributed by atoms with Gasteiger partial charge >= 0.3 is 8.56 Å². The molecule has 0 bridgehead atoms. The topological polar surface area (TPSA) is 109 Å². The zero-order valence-electron chi connectivity index (χ0n) is 21.4. The lowest BCUT2D eigenvalue weighted by Crippen LogP contribution is -2.40. The van der Waals surface area contributed by atoms with Crippen LogP contribution in [0.3, 0.4) is 0 Å². The summed E-state index contributed by atoms with van der Waals surface area (Å²) < 4.78 is 14.8. The lowest BCUT2D eigenvalue weighted by Gasteiger charge is -2.27. The van der Waals surface area contributed by atoms with Gasteiger partial charge in [0.1, 0.15) is 0 Å². The van der Waals surface area contributed by atoms with E-state index in [0.29, 0.717) is 24.0 Å². The minimum Gasteiger partial charge on any atom is -0.494 e. The van der Waals surface area contributed by atoms with Crippen molar-refractivity contribution < 1.29 is 29.3 Å². The van der Waals surface area contributed by atoms with Gasteiger partial charge in [-0.2, -0.15) is 0 Å². The first-order valence-corrected chi connectivity index (χ1v) is 13.8. The highest BCUT2D eigenvalue weighted by Gasteiger charge is 2.35. The molecule has 2 heterocycles. The molecular weight excluding hydrogens is 440 g/mol. The van der Waals surface area contributed by atoms with E-state index in [1.165, 1.54) is 9.13 Å². The molecule has 0 aromatic carbocycles. The summed E-state index contributed by atoms with van der Waals surface area (Å²) in [6.45, 7) is 11.6. The average molecular weight is 483 g/mol. The SMILES string of the molecule is CO[Si](CCCc1cc(O)n(C(C)(C)C)c1O)(CCCc1cc(O)n(C(C)(C)C)c1O)OC. The summed E-state index contributed by atoms with van der Waals surface area (Å²) in [7, 11) is 0.875. The van der Waals surface area contributed by atoms with Gasteiger partial charge in [0.05, 0.1) is 0 Å². The molecule has 0 aliphatic rings. The molecule has 0 saturated heterocycles. The summed E-state index contributed by atoms with van der Waals surface area (Å²) in [5, 5.41) is 41.6. The monoisotopic (exact) mass is 482 g/mol. The average Bonchev–Trinajstić information content (AvgIpc) is 3.14. The highest BCUT2D eigenvalue weighted by atomic mass is 28.4. The Hall–Kier alpha value is -2.10. The molecule has 0 fully saturated rings. The molecule has 2 aromatic heterocycles. The fourth-order valence-corrected chi connectivity index (χ4v) is 7.14. The first kappa shape index (κ1) is 27.1. The van der Waals surface area contributed by atoms with Crippen LogP contribution in [0.15, 0.2) is 12.1 Å². The van der Waals surface area contributed by atoms with Gasteiger partial charge in [-0.1, -0.05) is 0 Å².